The van der Waals surface area contributed by atoms with E-state index in [1.54, 1.807) is 42.5 Å². The van der Waals surface area contributed by atoms with Gasteiger partial charge in [0.25, 0.3) is 5.91 Å². The summed E-state index contributed by atoms with van der Waals surface area (Å²) in [6.45, 7) is 5.49. The second-order valence-corrected chi connectivity index (χ2v) is 7.75. The molecule has 30 heavy (non-hydrogen) atoms. The topological polar surface area (TPSA) is 92.2 Å². The quantitative estimate of drug-likeness (QED) is 0.374. The Kier molecular flexibility index (Phi) is 6.59. The third-order valence-corrected chi connectivity index (χ3v) is 5.15. The summed E-state index contributed by atoms with van der Waals surface area (Å²) in [5.41, 5.74) is 4.56. The van der Waals surface area contributed by atoms with E-state index in [1.165, 1.54) is 10.8 Å². The molecule has 0 radical (unpaired) electrons. The Morgan fingerprint density at radius 1 is 1.13 bits per heavy atom. The van der Waals surface area contributed by atoms with E-state index in [9.17, 15) is 14.4 Å². The summed E-state index contributed by atoms with van der Waals surface area (Å²) in [5.74, 6) is -2.23. The Bertz CT molecular complexity index is 1170. The van der Waals surface area contributed by atoms with Crippen molar-refractivity contribution in [1.29, 1.82) is 0 Å². The van der Waals surface area contributed by atoms with Gasteiger partial charge < -0.3 is 10.6 Å². The predicted octanol–water partition coefficient (Wildman–Crippen LogP) is 3.99. The number of hydrogen-bond acceptors (Lipinski definition) is 3. The third-order valence-electron chi connectivity index (χ3n) is 4.25. The van der Waals surface area contributed by atoms with Crippen LogP contribution in [0.15, 0.2) is 59.6 Å². The highest BCUT2D eigenvalue weighted by Gasteiger charge is 2.21. The lowest BCUT2D eigenvalue weighted by Gasteiger charge is -2.13. The zero-order valence-corrected chi connectivity index (χ0v) is 18.3. The first-order chi connectivity index (χ1) is 14.3. The highest BCUT2D eigenvalue weighted by molar-refractivity contribution is 9.10. The molecule has 9 heteroatoms. The molecule has 7 nitrogen and oxygen atoms in total. The van der Waals surface area contributed by atoms with Gasteiger partial charge in [0.15, 0.2) is 0 Å². The van der Waals surface area contributed by atoms with Gasteiger partial charge in [0.05, 0.1) is 5.52 Å². The highest BCUT2D eigenvalue weighted by atomic mass is 79.9. The van der Waals surface area contributed by atoms with Crippen molar-refractivity contribution >= 4 is 61.8 Å². The molecule has 2 aromatic carbocycles. The number of benzene rings is 2. The number of halogens is 2. The number of rotatable bonds is 5. The molecule has 0 aliphatic carbocycles. The minimum atomic E-state index is -0.912. The summed E-state index contributed by atoms with van der Waals surface area (Å²) in [7, 11) is 0. The summed E-state index contributed by atoms with van der Waals surface area (Å²) in [4.78, 5) is 37.2. The molecule has 154 valence electrons. The largest absolute Gasteiger partial charge is 0.344 e. The van der Waals surface area contributed by atoms with Crippen LogP contribution in [0, 0.1) is 6.92 Å². The number of amides is 3. The van der Waals surface area contributed by atoms with Crippen LogP contribution in [0.25, 0.3) is 10.9 Å². The molecule has 3 N–H and O–H groups in total. The van der Waals surface area contributed by atoms with Gasteiger partial charge in [-0.05, 0) is 48.9 Å². The Labute approximate surface area is 186 Å². The minimum Gasteiger partial charge on any atom is -0.344 e. The average molecular weight is 490 g/mol. The maximum atomic E-state index is 13.0. The SMILES string of the molecule is C=CCNC(=O)C(=O)Nn1c(C(=O)Nc2ccc(C)c(Cl)c2)cc2cc(Br)ccc21. The first-order valence-corrected chi connectivity index (χ1v) is 10.1. The Morgan fingerprint density at radius 3 is 2.60 bits per heavy atom. The number of carbonyl (C=O) groups excluding carboxylic acids is 3. The molecule has 1 aromatic heterocycles. The van der Waals surface area contributed by atoms with E-state index in [-0.39, 0.29) is 12.2 Å². The number of anilines is 1. The van der Waals surface area contributed by atoms with E-state index in [0.29, 0.717) is 21.6 Å². The lowest BCUT2D eigenvalue weighted by atomic mass is 10.2. The van der Waals surface area contributed by atoms with Crippen molar-refractivity contribution in [1.82, 2.24) is 9.99 Å². The Morgan fingerprint density at radius 2 is 1.90 bits per heavy atom. The summed E-state index contributed by atoms with van der Waals surface area (Å²) < 4.78 is 2.09. The van der Waals surface area contributed by atoms with Crippen LogP contribution in [0.5, 0.6) is 0 Å². The maximum Gasteiger partial charge on any atom is 0.328 e. The van der Waals surface area contributed by atoms with Gasteiger partial charge in [-0.2, -0.15) is 0 Å². The summed E-state index contributed by atoms with van der Waals surface area (Å²) >= 11 is 9.52. The molecular weight excluding hydrogens is 472 g/mol. The molecule has 0 bridgehead atoms. The van der Waals surface area contributed by atoms with E-state index in [2.05, 4.69) is 38.6 Å². The molecule has 3 rings (SSSR count). The van der Waals surface area contributed by atoms with Crippen LogP contribution in [0.2, 0.25) is 5.02 Å². The molecule has 3 aromatic rings. The van der Waals surface area contributed by atoms with Crippen LogP contribution >= 0.6 is 27.5 Å². The van der Waals surface area contributed by atoms with Gasteiger partial charge in [-0.1, -0.05) is 39.7 Å². The zero-order valence-electron chi connectivity index (χ0n) is 16.0. The standard InChI is InChI=1S/C21H18BrClN4O3/c1-3-8-24-20(29)21(30)26-27-17-7-5-14(22)9-13(17)10-18(27)19(28)25-15-6-4-12(2)16(23)11-15/h3-7,9-11H,1,8H2,2H3,(H,24,29)(H,25,28)(H,26,30). The van der Waals surface area contributed by atoms with Crippen molar-refractivity contribution < 1.29 is 14.4 Å². The molecule has 0 atom stereocenters. The molecule has 1 heterocycles. The Balaban J connectivity index is 1.96. The lowest BCUT2D eigenvalue weighted by Crippen LogP contribution is -2.39. The van der Waals surface area contributed by atoms with Crippen LogP contribution in [0.1, 0.15) is 16.1 Å². The fraction of sp³-hybridized carbons (Fsp3) is 0.0952. The number of aryl methyl sites for hydroxylation is 1. The fourth-order valence-corrected chi connectivity index (χ4v) is 3.30. The number of nitrogens with zero attached hydrogens (tertiary/aromatic N) is 1. The van der Waals surface area contributed by atoms with Crippen molar-refractivity contribution in [2.24, 2.45) is 0 Å². The number of hydrogen-bond donors (Lipinski definition) is 3. The van der Waals surface area contributed by atoms with Crippen molar-refractivity contribution in [3.05, 3.63) is 75.9 Å². The first-order valence-electron chi connectivity index (χ1n) is 8.88. The van der Waals surface area contributed by atoms with E-state index in [0.717, 1.165) is 10.0 Å². The van der Waals surface area contributed by atoms with Gasteiger partial charge in [0.1, 0.15) is 5.69 Å². The molecule has 0 spiro atoms. The smallest absolute Gasteiger partial charge is 0.328 e. The van der Waals surface area contributed by atoms with Gasteiger partial charge >= 0.3 is 11.8 Å². The van der Waals surface area contributed by atoms with E-state index in [4.69, 9.17) is 11.6 Å². The van der Waals surface area contributed by atoms with Gasteiger partial charge in [0, 0.05) is 27.1 Å². The molecule has 3 amide bonds. The molecule has 0 unspecified atom stereocenters. The van der Waals surface area contributed by atoms with Gasteiger partial charge in [-0.25, -0.2) is 4.68 Å². The van der Waals surface area contributed by atoms with Crippen molar-refractivity contribution in [2.45, 2.75) is 6.92 Å². The first kappa shape index (κ1) is 21.6. The van der Waals surface area contributed by atoms with Crippen molar-refractivity contribution in [3.63, 3.8) is 0 Å². The number of nitrogens with one attached hydrogen (secondary N) is 3. The van der Waals surface area contributed by atoms with Gasteiger partial charge in [-0.15, -0.1) is 6.58 Å². The highest BCUT2D eigenvalue weighted by Crippen LogP contribution is 2.25. The van der Waals surface area contributed by atoms with Crippen LogP contribution < -0.4 is 16.1 Å². The van der Waals surface area contributed by atoms with Crippen LogP contribution in [0.3, 0.4) is 0 Å². The number of aromatic nitrogens is 1. The van der Waals surface area contributed by atoms with E-state index < -0.39 is 17.7 Å². The van der Waals surface area contributed by atoms with Gasteiger partial charge in [-0.3, -0.25) is 19.8 Å². The van der Waals surface area contributed by atoms with E-state index >= 15 is 0 Å². The molecule has 0 aliphatic rings. The van der Waals surface area contributed by atoms with Crippen LogP contribution in [0.4, 0.5) is 5.69 Å². The Hall–Kier alpha value is -3.10. The second kappa shape index (κ2) is 9.15. The summed E-state index contributed by atoms with van der Waals surface area (Å²) in [5, 5.41) is 6.37. The fourth-order valence-electron chi connectivity index (χ4n) is 2.74. The predicted molar refractivity (Wildman–Crippen MR) is 121 cm³/mol. The van der Waals surface area contributed by atoms with Crippen LogP contribution in [-0.4, -0.2) is 28.9 Å². The molecule has 0 saturated heterocycles. The molecule has 0 saturated carbocycles. The normalized spacial score (nSPS) is 10.5. The maximum absolute atomic E-state index is 13.0. The second-order valence-electron chi connectivity index (χ2n) is 6.43. The van der Waals surface area contributed by atoms with Crippen molar-refractivity contribution in [3.8, 4) is 0 Å². The zero-order chi connectivity index (χ0) is 21.8. The monoisotopic (exact) mass is 488 g/mol. The summed E-state index contributed by atoms with van der Waals surface area (Å²) in [6, 6.07) is 12.1. The van der Waals surface area contributed by atoms with Crippen molar-refractivity contribution in [2.75, 3.05) is 17.3 Å². The van der Waals surface area contributed by atoms with Gasteiger partial charge in [0.2, 0.25) is 0 Å². The molecular formula is C21H18BrClN4O3. The minimum absolute atomic E-state index is 0.143. The van der Waals surface area contributed by atoms with Crippen LogP contribution in [-0.2, 0) is 9.59 Å². The number of carbonyl (C=O) groups is 3. The average Bonchev–Trinajstić information content (AvgIpc) is 3.06. The van der Waals surface area contributed by atoms with E-state index in [1.807, 2.05) is 6.92 Å². The number of fused-ring (bicyclic) bond motifs is 1. The molecule has 0 aliphatic heterocycles. The lowest BCUT2D eigenvalue weighted by molar-refractivity contribution is -0.136. The third kappa shape index (κ3) is 4.72. The molecule has 0 fully saturated rings. The summed E-state index contributed by atoms with van der Waals surface area (Å²) in [6.07, 6.45) is 1.46.